The molecule has 1 aliphatic heterocycles. The Balaban J connectivity index is 1.74. The Kier molecular flexibility index (Phi) is 6.82. The molecule has 168 valence electrons. The minimum absolute atomic E-state index is 0.0478. The Labute approximate surface area is 179 Å². The Morgan fingerprint density at radius 2 is 1.74 bits per heavy atom. The molecule has 0 spiro atoms. The van der Waals surface area contributed by atoms with Gasteiger partial charge in [0.25, 0.3) is 5.91 Å². The molecule has 4 nitrogen and oxygen atoms in total. The standard InChI is InChI=1S/C20H18ClF6N3O/c21-16-5-11(7-28-8-12-9-29-10-12)1-4-17(16)30-18(31)14-3-2-13(19(22,23)24)6-15(14)20(25,26)27/h1-6,12,28-29H,7-10H2,(H,30,31). The fourth-order valence-corrected chi connectivity index (χ4v) is 3.28. The second kappa shape index (κ2) is 9.05. The zero-order chi connectivity index (χ0) is 22.8. The number of hydrogen-bond donors (Lipinski definition) is 3. The normalized spacial score (nSPS) is 14.9. The van der Waals surface area contributed by atoms with Crippen molar-refractivity contribution >= 4 is 23.2 Å². The van der Waals surface area contributed by atoms with E-state index in [0.29, 0.717) is 24.6 Å². The number of carbonyl (C=O) groups excluding carboxylic acids is 1. The Morgan fingerprint density at radius 3 is 2.29 bits per heavy atom. The topological polar surface area (TPSA) is 53.2 Å². The summed E-state index contributed by atoms with van der Waals surface area (Å²) in [6, 6.07) is 5.48. The maximum Gasteiger partial charge on any atom is 0.417 e. The van der Waals surface area contributed by atoms with Gasteiger partial charge in [-0.15, -0.1) is 0 Å². The molecule has 0 atom stereocenters. The lowest BCUT2D eigenvalue weighted by Gasteiger charge is -2.27. The van der Waals surface area contributed by atoms with Crippen LogP contribution in [0.1, 0.15) is 27.0 Å². The van der Waals surface area contributed by atoms with Crippen LogP contribution in [0.25, 0.3) is 0 Å². The fourth-order valence-electron chi connectivity index (χ4n) is 3.03. The number of alkyl halides is 6. The number of amides is 1. The highest BCUT2D eigenvalue weighted by Crippen LogP contribution is 2.37. The van der Waals surface area contributed by atoms with E-state index in [1.165, 1.54) is 6.07 Å². The van der Waals surface area contributed by atoms with Gasteiger partial charge in [0.2, 0.25) is 0 Å². The summed E-state index contributed by atoms with van der Waals surface area (Å²) in [5.74, 6) is -0.660. The van der Waals surface area contributed by atoms with Crippen LogP contribution in [0.3, 0.4) is 0 Å². The lowest BCUT2D eigenvalue weighted by atomic mass is 10.0. The molecule has 0 bridgehead atoms. The molecular weight excluding hydrogens is 448 g/mol. The zero-order valence-electron chi connectivity index (χ0n) is 15.9. The highest BCUT2D eigenvalue weighted by atomic mass is 35.5. The van der Waals surface area contributed by atoms with Crippen molar-refractivity contribution in [2.24, 2.45) is 5.92 Å². The first-order valence-corrected chi connectivity index (χ1v) is 9.62. The SMILES string of the molecule is O=C(Nc1ccc(CNCC2CNC2)cc1Cl)c1ccc(C(F)(F)F)cc1C(F)(F)F. The van der Waals surface area contributed by atoms with Gasteiger partial charge in [-0.3, -0.25) is 4.79 Å². The quantitative estimate of drug-likeness (QED) is 0.530. The number of halogens is 7. The predicted octanol–water partition coefficient (Wildman–Crippen LogP) is 4.94. The van der Waals surface area contributed by atoms with Crippen LogP contribution in [0.4, 0.5) is 32.0 Å². The van der Waals surface area contributed by atoms with Crippen molar-refractivity contribution in [1.82, 2.24) is 10.6 Å². The summed E-state index contributed by atoms with van der Waals surface area (Å²) < 4.78 is 78.2. The van der Waals surface area contributed by atoms with Crippen LogP contribution in [0, 0.1) is 5.92 Å². The molecule has 0 aromatic heterocycles. The summed E-state index contributed by atoms with van der Waals surface area (Å²) in [5, 5.41) is 8.74. The van der Waals surface area contributed by atoms with Gasteiger partial charge in [0.15, 0.2) is 0 Å². The van der Waals surface area contributed by atoms with Gasteiger partial charge in [-0.25, -0.2) is 0 Å². The smallest absolute Gasteiger partial charge is 0.321 e. The first-order chi connectivity index (χ1) is 14.4. The van der Waals surface area contributed by atoms with Gasteiger partial charge in [0, 0.05) is 26.2 Å². The molecule has 0 unspecified atom stereocenters. The van der Waals surface area contributed by atoms with Gasteiger partial charge in [-0.1, -0.05) is 17.7 Å². The first kappa shape index (κ1) is 23.4. The fraction of sp³-hybridized carbons (Fsp3) is 0.350. The molecule has 1 aliphatic rings. The summed E-state index contributed by atoms with van der Waals surface area (Å²) in [6.07, 6.45) is -10.1. The Morgan fingerprint density at radius 1 is 1.03 bits per heavy atom. The van der Waals surface area contributed by atoms with E-state index in [-0.39, 0.29) is 16.8 Å². The second-order valence-corrected chi connectivity index (χ2v) is 7.59. The number of carbonyl (C=O) groups is 1. The number of hydrogen-bond acceptors (Lipinski definition) is 3. The van der Waals surface area contributed by atoms with Crippen LogP contribution in [-0.4, -0.2) is 25.5 Å². The van der Waals surface area contributed by atoms with Gasteiger partial charge >= 0.3 is 12.4 Å². The lowest BCUT2D eigenvalue weighted by Crippen LogP contribution is -2.47. The van der Waals surface area contributed by atoms with E-state index in [1.807, 2.05) is 0 Å². The maximum atomic E-state index is 13.3. The minimum atomic E-state index is -5.15. The van der Waals surface area contributed by atoms with Crippen molar-refractivity contribution < 1.29 is 31.1 Å². The highest BCUT2D eigenvalue weighted by Gasteiger charge is 2.39. The minimum Gasteiger partial charge on any atom is -0.321 e. The van der Waals surface area contributed by atoms with Crippen LogP contribution in [0.15, 0.2) is 36.4 Å². The monoisotopic (exact) mass is 465 g/mol. The molecule has 31 heavy (non-hydrogen) atoms. The Bertz CT molecular complexity index is 957. The van der Waals surface area contributed by atoms with Crippen LogP contribution >= 0.6 is 11.6 Å². The van der Waals surface area contributed by atoms with Crippen molar-refractivity contribution in [3.63, 3.8) is 0 Å². The maximum absolute atomic E-state index is 13.3. The van der Waals surface area contributed by atoms with Crippen LogP contribution in [-0.2, 0) is 18.9 Å². The zero-order valence-corrected chi connectivity index (χ0v) is 16.7. The lowest BCUT2D eigenvalue weighted by molar-refractivity contribution is -0.143. The molecule has 1 amide bonds. The molecule has 0 aliphatic carbocycles. The number of nitrogens with one attached hydrogen (secondary N) is 3. The third kappa shape index (κ3) is 5.90. The van der Waals surface area contributed by atoms with Gasteiger partial charge in [0.05, 0.1) is 27.4 Å². The summed E-state index contributed by atoms with van der Waals surface area (Å²) >= 11 is 6.13. The molecule has 1 fully saturated rings. The molecule has 2 aromatic carbocycles. The van der Waals surface area contributed by atoms with Crippen LogP contribution < -0.4 is 16.0 Å². The van der Waals surface area contributed by atoms with Crippen molar-refractivity contribution in [2.45, 2.75) is 18.9 Å². The van der Waals surface area contributed by atoms with Gasteiger partial charge in [0.1, 0.15) is 0 Å². The van der Waals surface area contributed by atoms with E-state index >= 15 is 0 Å². The molecule has 2 aromatic rings. The van der Waals surface area contributed by atoms with E-state index in [1.54, 1.807) is 12.1 Å². The van der Waals surface area contributed by atoms with Crippen LogP contribution in [0.5, 0.6) is 0 Å². The highest BCUT2D eigenvalue weighted by molar-refractivity contribution is 6.34. The van der Waals surface area contributed by atoms with E-state index in [0.717, 1.165) is 25.2 Å². The molecular formula is C20H18ClF6N3O. The molecule has 0 saturated carbocycles. The average Bonchev–Trinajstić information content (AvgIpc) is 2.63. The third-order valence-electron chi connectivity index (χ3n) is 4.81. The second-order valence-electron chi connectivity index (χ2n) is 7.18. The van der Waals surface area contributed by atoms with E-state index in [4.69, 9.17) is 11.6 Å². The van der Waals surface area contributed by atoms with Crippen molar-refractivity contribution in [3.05, 3.63) is 63.7 Å². The summed E-state index contributed by atoms with van der Waals surface area (Å²) in [5.41, 5.74) is -3.25. The molecule has 1 saturated heterocycles. The molecule has 1 heterocycles. The van der Waals surface area contributed by atoms with E-state index in [2.05, 4.69) is 16.0 Å². The molecule has 3 N–H and O–H groups in total. The first-order valence-electron chi connectivity index (χ1n) is 9.25. The summed E-state index contributed by atoms with van der Waals surface area (Å²) in [4.78, 5) is 12.4. The average molecular weight is 466 g/mol. The van der Waals surface area contributed by atoms with Gasteiger partial charge in [-0.2, -0.15) is 26.3 Å². The molecule has 3 rings (SSSR count). The van der Waals surface area contributed by atoms with E-state index in [9.17, 15) is 31.1 Å². The van der Waals surface area contributed by atoms with Gasteiger partial charge < -0.3 is 16.0 Å². The van der Waals surface area contributed by atoms with Crippen molar-refractivity contribution in [2.75, 3.05) is 25.0 Å². The van der Waals surface area contributed by atoms with Crippen molar-refractivity contribution in [3.8, 4) is 0 Å². The summed E-state index contributed by atoms with van der Waals surface area (Å²) in [7, 11) is 0. The summed E-state index contributed by atoms with van der Waals surface area (Å²) in [6.45, 7) is 3.23. The Hall–Kier alpha value is -2.30. The van der Waals surface area contributed by atoms with Gasteiger partial charge in [-0.05, 0) is 41.8 Å². The number of anilines is 1. The van der Waals surface area contributed by atoms with E-state index < -0.39 is 35.0 Å². The molecule has 0 radical (unpaired) electrons. The predicted molar refractivity (Wildman–Crippen MR) is 104 cm³/mol. The van der Waals surface area contributed by atoms with Crippen LogP contribution in [0.2, 0.25) is 5.02 Å². The third-order valence-corrected chi connectivity index (χ3v) is 5.12. The number of benzene rings is 2. The molecule has 11 heteroatoms. The number of rotatable bonds is 6. The van der Waals surface area contributed by atoms with Crippen molar-refractivity contribution in [1.29, 1.82) is 0 Å². The largest absolute Gasteiger partial charge is 0.417 e.